The van der Waals surface area contributed by atoms with Crippen LogP contribution >= 0.6 is 11.6 Å². The Hall–Kier alpha value is -1.72. The predicted molar refractivity (Wildman–Crippen MR) is 69.2 cm³/mol. The lowest BCUT2D eigenvalue weighted by molar-refractivity contribution is -0.387. The van der Waals surface area contributed by atoms with Crippen LogP contribution in [-0.2, 0) is 10.8 Å². The molecule has 0 N–H and O–H groups in total. The molecular weight excluding hydrogens is 274 g/mol. The van der Waals surface area contributed by atoms with Crippen molar-refractivity contribution < 1.29 is 9.13 Å². The summed E-state index contributed by atoms with van der Waals surface area (Å²) in [5, 5.41) is 11.4. The number of halogens is 1. The van der Waals surface area contributed by atoms with Gasteiger partial charge in [-0.25, -0.2) is 4.21 Å². The highest BCUT2D eigenvalue weighted by molar-refractivity contribution is 7.85. The quantitative estimate of drug-likeness (QED) is 0.640. The SMILES string of the molecule is O=[N+]([O-])c1ccccc1S(=O)c1ccc(Cl)cc1. The summed E-state index contributed by atoms with van der Waals surface area (Å²) in [7, 11) is -1.59. The van der Waals surface area contributed by atoms with Crippen LogP contribution in [0.25, 0.3) is 0 Å². The fourth-order valence-corrected chi connectivity index (χ4v) is 2.75. The van der Waals surface area contributed by atoms with E-state index in [-0.39, 0.29) is 10.6 Å². The lowest BCUT2D eigenvalue weighted by atomic mass is 10.3. The van der Waals surface area contributed by atoms with Gasteiger partial charge in [-0.05, 0) is 30.3 Å². The first kappa shape index (κ1) is 12.7. The molecule has 0 aromatic heterocycles. The summed E-state index contributed by atoms with van der Waals surface area (Å²) in [6, 6.07) is 12.4. The Balaban J connectivity index is 2.46. The van der Waals surface area contributed by atoms with Gasteiger partial charge in [0.05, 0.1) is 15.7 Å². The molecule has 18 heavy (non-hydrogen) atoms. The van der Waals surface area contributed by atoms with Gasteiger partial charge >= 0.3 is 0 Å². The van der Waals surface area contributed by atoms with Gasteiger partial charge in [0.15, 0.2) is 0 Å². The average Bonchev–Trinajstić information content (AvgIpc) is 2.39. The maximum atomic E-state index is 12.2. The average molecular weight is 282 g/mol. The minimum Gasteiger partial charge on any atom is -0.258 e. The highest BCUT2D eigenvalue weighted by Gasteiger charge is 2.19. The summed E-state index contributed by atoms with van der Waals surface area (Å²) in [5.41, 5.74) is -0.147. The Morgan fingerprint density at radius 2 is 1.67 bits per heavy atom. The first-order valence-electron chi connectivity index (χ1n) is 5.00. The molecular formula is C12H8ClNO3S. The van der Waals surface area contributed by atoms with Crippen molar-refractivity contribution in [2.24, 2.45) is 0 Å². The lowest BCUT2D eigenvalue weighted by Gasteiger charge is -2.03. The molecule has 6 heteroatoms. The predicted octanol–water partition coefficient (Wildman–Crippen LogP) is 3.41. The Morgan fingerprint density at radius 3 is 2.28 bits per heavy atom. The Bertz CT molecular complexity index is 613. The van der Waals surface area contributed by atoms with Crippen LogP contribution in [0.3, 0.4) is 0 Å². The highest BCUT2D eigenvalue weighted by atomic mass is 35.5. The van der Waals surface area contributed by atoms with E-state index in [0.717, 1.165) is 0 Å². The van der Waals surface area contributed by atoms with Crippen molar-refractivity contribution in [2.75, 3.05) is 0 Å². The van der Waals surface area contributed by atoms with Crippen molar-refractivity contribution in [1.29, 1.82) is 0 Å². The standard InChI is InChI=1S/C12H8ClNO3S/c13-9-5-7-10(8-6-9)18(17)12-4-2-1-3-11(12)14(15)16/h1-8H. The van der Waals surface area contributed by atoms with Crippen molar-refractivity contribution in [3.05, 3.63) is 63.7 Å². The van der Waals surface area contributed by atoms with Crippen molar-refractivity contribution in [3.8, 4) is 0 Å². The number of hydrogen-bond donors (Lipinski definition) is 0. The highest BCUT2D eigenvalue weighted by Crippen LogP contribution is 2.26. The zero-order valence-electron chi connectivity index (χ0n) is 9.08. The molecule has 0 saturated carbocycles. The molecule has 0 saturated heterocycles. The Kier molecular flexibility index (Phi) is 3.74. The van der Waals surface area contributed by atoms with Crippen LogP contribution in [-0.4, -0.2) is 9.13 Å². The largest absolute Gasteiger partial charge is 0.285 e. The van der Waals surface area contributed by atoms with Crippen LogP contribution in [0.2, 0.25) is 5.02 Å². The van der Waals surface area contributed by atoms with E-state index >= 15 is 0 Å². The van der Waals surface area contributed by atoms with E-state index in [9.17, 15) is 14.3 Å². The number of benzene rings is 2. The van der Waals surface area contributed by atoms with Gasteiger partial charge in [0.2, 0.25) is 0 Å². The van der Waals surface area contributed by atoms with Gasteiger partial charge in [-0.3, -0.25) is 10.1 Å². The van der Waals surface area contributed by atoms with Gasteiger partial charge in [0, 0.05) is 16.0 Å². The number of nitro groups is 1. The van der Waals surface area contributed by atoms with E-state index in [1.807, 2.05) is 0 Å². The zero-order chi connectivity index (χ0) is 13.1. The molecule has 0 spiro atoms. The molecule has 4 nitrogen and oxygen atoms in total. The fourth-order valence-electron chi connectivity index (χ4n) is 1.45. The second-order valence-corrected chi connectivity index (χ2v) is 5.33. The van der Waals surface area contributed by atoms with E-state index in [1.54, 1.807) is 36.4 Å². The number of para-hydroxylation sites is 1. The first-order valence-corrected chi connectivity index (χ1v) is 6.53. The van der Waals surface area contributed by atoms with Gasteiger partial charge in [0.25, 0.3) is 5.69 Å². The molecule has 0 radical (unpaired) electrons. The number of rotatable bonds is 3. The van der Waals surface area contributed by atoms with Crippen molar-refractivity contribution >= 4 is 28.1 Å². The third kappa shape index (κ3) is 2.57. The minimum atomic E-state index is -1.59. The van der Waals surface area contributed by atoms with Crippen molar-refractivity contribution in [3.63, 3.8) is 0 Å². The van der Waals surface area contributed by atoms with Crippen LogP contribution in [0.4, 0.5) is 5.69 Å². The van der Waals surface area contributed by atoms with Gasteiger partial charge < -0.3 is 0 Å². The molecule has 0 aliphatic heterocycles. The second-order valence-electron chi connectivity index (χ2n) is 3.45. The maximum Gasteiger partial charge on any atom is 0.285 e. The molecule has 1 atom stereocenters. The number of nitrogens with zero attached hydrogens (tertiary/aromatic N) is 1. The fraction of sp³-hybridized carbons (Fsp3) is 0. The van der Waals surface area contributed by atoms with Gasteiger partial charge in [-0.1, -0.05) is 23.7 Å². The smallest absolute Gasteiger partial charge is 0.258 e. The molecule has 0 heterocycles. The van der Waals surface area contributed by atoms with Gasteiger partial charge in [-0.15, -0.1) is 0 Å². The van der Waals surface area contributed by atoms with Gasteiger partial charge in [-0.2, -0.15) is 0 Å². The van der Waals surface area contributed by atoms with Crippen LogP contribution < -0.4 is 0 Å². The summed E-state index contributed by atoms with van der Waals surface area (Å²) in [5.74, 6) is 0. The van der Waals surface area contributed by atoms with E-state index in [2.05, 4.69) is 0 Å². The third-order valence-electron chi connectivity index (χ3n) is 2.29. The molecule has 2 aromatic rings. The summed E-state index contributed by atoms with van der Waals surface area (Å²) in [6.07, 6.45) is 0. The van der Waals surface area contributed by atoms with Crippen LogP contribution in [0, 0.1) is 10.1 Å². The molecule has 92 valence electrons. The summed E-state index contributed by atoms with van der Waals surface area (Å²) in [6.45, 7) is 0. The number of hydrogen-bond acceptors (Lipinski definition) is 3. The van der Waals surface area contributed by atoms with Crippen LogP contribution in [0.5, 0.6) is 0 Å². The van der Waals surface area contributed by atoms with Crippen molar-refractivity contribution in [1.82, 2.24) is 0 Å². The van der Waals surface area contributed by atoms with Crippen LogP contribution in [0.15, 0.2) is 58.3 Å². The van der Waals surface area contributed by atoms with E-state index < -0.39 is 15.7 Å². The molecule has 0 bridgehead atoms. The second kappa shape index (κ2) is 5.29. The maximum absolute atomic E-state index is 12.2. The Morgan fingerprint density at radius 1 is 1.06 bits per heavy atom. The lowest BCUT2D eigenvalue weighted by Crippen LogP contribution is -1.98. The van der Waals surface area contributed by atoms with E-state index in [4.69, 9.17) is 11.6 Å². The monoisotopic (exact) mass is 281 g/mol. The number of nitro benzene ring substituents is 1. The molecule has 0 fully saturated rings. The Labute approximate surface area is 111 Å². The molecule has 0 aliphatic rings. The van der Waals surface area contributed by atoms with Gasteiger partial charge in [0.1, 0.15) is 4.90 Å². The van der Waals surface area contributed by atoms with E-state index in [1.165, 1.54) is 12.1 Å². The third-order valence-corrected chi connectivity index (χ3v) is 3.99. The molecule has 0 aliphatic carbocycles. The normalized spacial score (nSPS) is 12.1. The van der Waals surface area contributed by atoms with Crippen molar-refractivity contribution in [2.45, 2.75) is 9.79 Å². The minimum absolute atomic E-state index is 0.147. The molecule has 2 aromatic carbocycles. The summed E-state index contributed by atoms with van der Waals surface area (Å²) in [4.78, 5) is 11.0. The first-order chi connectivity index (χ1) is 8.59. The topological polar surface area (TPSA) is 60.2 Å². The van der Waals surface area contributed by atoms with Crippen LogP contribution in [0.1, 0.15) is 0 Å². The summed E-state index contributed by atoms with van der Waals surface area (Å²) < 4.78 is 12.2. The summed E-state index contributed by atoms with van der Waals surface area (Å²) >= 11 is 5.74. The zero-order valence-corrected chi connectivity index (χ0v) is 10.6. The van der Waals surface area contributed by atoms with E-state index in [0.29, 0.717) is 9.92 Å². The molecule has 2 rings (SSSR count). The molecule has 1 unspecified atom stereocenters. The molecule has 0 amide bonds.